The lowest BCUT2D eigenvalue weighted by Gasteiger charge is -2.14. The largest absolute Gasteiger partial charge is 0.480 e. The van der Waals surface area contributed by atoms with Gasteiger partial charge in [0.15, 0.2) is 6.61 Å². The van der Waals surface area contributed by atoms with Crippen molar-refractivity contribution < 1.29 is 27.9 Å². The van der Waals surface area contributed by atoms with Crippen LogP contribution in [0.15, 0.2) is 71.6 Å². The zero-order valence-electron chi connectivity index (χ0n) is 16.2. The van der Waals surface area contributed by atoms with Gasteiger partial charge in [-0.3, -0.25) is 9.52 Å². The Kier molecular flexibility index (Phi) is 7.24. The SMILES string of the molecule is O=C(O)COc1ccc(S(=O)(=O)Nc2ccccc2C(=O)Nc2ccc(Cl)cc2)cc1Cl. The van der Waals surface area contributed by atoms with E-state index in [0.29, 0.717) is 10.7 Å². The Balaban J connectivity index is 1.82. The van der Waals surface area contributed by atoms with Gasteiger partial charge in [0, 0.05) is 10.7 Å². The molecule has 3 aromatic rings. The van der Waals surface area contributed by atoms with E-state index in [2.05, 4.69) is 10.0 Å². The first-order chi connectivity index (χ1) is 15.2. The highest BCUT2D eigenvalue weighted by Crippen LogP contribution is 2.29. The summed E-state index contributed by atoms with van der Waals surface area (Å²) in [6, 6.07) is 16.1. The van der Waals surface area contributed by atoms with Crippen LogP contribution in [-0.4, -0.2) is 32.0 Å². The molecule has 0 aliphatic carbocycles. The first kappa shape index (κ1) is 23.4. The standard InChI is InChI=1S/C21H16Cl2N2O6S/c22-13-5-7-14(8-6-13)24-21(28)16-3-1-2-4-18(16)25-32(29,30)15-9-10-19(17(23)11-15)31-12-20(26)27/h1-11,25H,12H2,(H,24,28)(H,26,27). The molecule has 0 unspecified atom stereocenters. The molecule has 1 amide bonds. The van der Waals surface area contributed by atoms with Crippen molar-refractivity contribution in [3.8, 4) is 5.75 Å². The number of sulfonamides is 1. The predicted molar refractivity (Wildman–Crippen MR) is 121 cm³/mol. The van der Waals surface area contributed by atoms with Gasteiger partial charge < -0.3 is 15.2 Å². The second-order valence-corrected chi connectivity index (χ2v) is 8.91. The second-order valence-electron chi connectivity index (χ2n) is 6.39. The maximum Gasteiger partial charge on any atom is 0.341 e. The Morgan fingerprint density at radius 2 is 1.66 bits per heavy atom. The molecule has 0 heterocycles. The van der Waals surface area contributed by atoms with Gasteiger partial charge in [-0.2, -0.15) is 0 Å². The molecule has 0 bridgehead atoms. The number of ether oxygens (including phenoxy) is 1. The predicted octanol–water partition coefficient (Wildman–Crippen LogP) is 4.51. The van der Waals surface area contributed by atoms with Crippen LogP contribution in [0.3, 0.4) is 0 Å². The van der Waals surface area contributed by atoms with Crippen molar-refractivity contribution in [1.29, 1.82) is 0 Å². The lowest BCUT2D eigenvalue weighted by atomic mass is 10.1. The third kappa shape index (κ3) is 5.91. The Labute approximate surface area is 193 Å². The summed E-state index contributed by atoms with van der Waals surface area (Å²) < 4.78 is 33.1. The Bertz CT molecular complexity index is 1260. The number of aliphatic carboxylic acids is 1. The summed E-state index contributed by atoms with van der Waals surface area (Å²) in [7, 11) is -4.12. The molecule has 0 fully saturated rings. The van der Waals surface area contributed by atoms with Crippen LogP contribution in [0, 0.1) is 0 Å². The smallest absolute Gasteiger partial charge is 0.341 e. The van der Waals surface area contributed by atoms with Crippen LogP contribution in [0.5, 0.6) is 5.75 Å². The third-order valence-electron chi connectivity index (χ3n) is 4.08. The number of anilines is 2. The number of carbonyl (C=O) groups excluding carboxylic acids is 1. The van der Waals surface area contributed by atoms with Crippen LogP contribution in [0.2, 0.25) is 10.0 Å². The number of carbonyl (C=O) groups is 2. The molecule has 8 nitrogen and oxygen atoms in total. The topological polar surface area (TPSA) is 122 Å². The molecule has 0 saturated heterocycles. The van der Waals surface area contributed by atoms with Crippen molar-refractivity contribution in [3.63, 3.8) is 0 Å². The zero-order chi connectivity index (χ0) is 23.3. The van der Waals surface area contributed by atoms with Crippen LogP contribution in [0.4, 0.5) is 11.4 Å². The number of halogens is 2. The number of hydrogen-bond acceptors (Lipinski definition) is 5. The fourth-order valence-corrected chi connectivity index (χ4v) is 4.14. The van der Waals surface area contributed by atoms with E-state index < -0.39 is 28.5 Å². The minimum absolute atomic E-state index is 0.0239. The lowest BCUT2D eigenvalue weighted by molar-refractivity contribution is -0.139. The summed E-state index contributed by atoms with van der Waals surface area (Å²) in [4.78, 5) is 23.1. The third-order valence-corrected chi connectivity index (χ3v) is 5.99. The zero-order valence-corrected chi connectivity index (χ0v) is 18.5. The highest BCUT2D eigenvalue weighted by Gasteiger charge is 2.20. The highest BCUT2D eigenvalue weighted by atomic mass is 35.5. The van der Waals surface area contributed by atoms with E-state index in [9.17, 15) is 18.0 Å². The molecule has 166 valence electrons. The molecule has 0 aromatic heterocycles. The van der Waals surface area contributed by atoms with E-state index in [1.165, 1.54) is 24.3 Å². The molecule has 0 aliphatic heterocycles. The van der Waals surface area contributed by atoms with Crippen LogP contribution in [0.1, 0.15) is 10.4 Å². The lowest BCUT2D eigenvalue weighted by Crippen LogP contribution is -2.18. The maximum atomic E-state index is 12.9. The van der Waals surface area contributed by atoms with Gasteiger partial charge in [-0.25, -0.2) is 13.2 Å². The molecular formula is C21H16Cl2N2O6S. The Morgan fingerprint density at radius 1 is 0.969 bits per heavy atom. The number of rotatable bonds is 8. The second kappa shape index (κ2) is 9.90. The molecule has 3 N–H and O–H groups in total. The van der Waals surface area contributed by atoms with Gasteiger partial charge in [0.2, 0.25) is 0 Å². The monoisotopic (exact) mass is 494 g/mol. The fraction of sp³-hybridized carbons (Fsp3) is 0.0476. The number of amides is 1. The van der Waals surface area contributed by atoms with Crippen molar-refractivity contribution in [1.82, 2.24) is 0 Å². The van der Waals surface area contributed by atoms with Gasteiger partial charge in [0.25, 0.3) is 15.9 Å². The van der Waals surface area contributed by atoms with E-state index >= 15 is 0 Å². The van der Waals surface area contributed by atoms with Gasteiger partial charge in [0.05, 0.1) is 21.2 Å². The minimum atomic E-state index is -4.12. The van der Waals surface area contributed by atoms with Crippen molar-refractivity contribution in [2.45, 2.75) is 4.90 Å². The first-order valence-corrected chi connectivity index (χ1v) is 11.2. The number of nitrogens with one attached hydrogen (secondary N) is 2. The first-order valence-electron chi connectivity index (χ1n) is 8.98. The van der Waals surface area contributed by atoms with Crippen LogP contribution in [0.25, 0.3) is 0 Å². The molecule has 0 aliphatic rings. The average molecular weight is 495 g/mol. The molecule has 0 saturated carbocycles. The summed E-state index contributed by atoms with van der Waals surface area (Å²) in [6.07, 6.45) is 0. The van der Waals surface area contributed by atoms with Crippen LogP contribution < -0.4 is 14.8 Å². The van der Waals surface area contributed by atoms with E-state index in [4.69, 9.17) is 33.0 Å². The van der Waals surface area contributed by atoms with E-state index in [-0.39, 0.29) is 26.9 Å². The maximum absolute atomic E-state index is 12.9. The molecule has 0 radical (unpaired) electrons. The summed E-state index contributed by atoms with van der Waals surface area (Å²) in [5, 5.41) is 11.8. The number of para-hydroxylation sites is 1. The molecule has 11 heteroatoms. The van der Waals surface area contributed by atoms with Gasteiger partial charge >= 0.3 is 5.97 Å². The van der Waals surface area contributed by atoms with Crippen molar-refractivity contribution in [2.75, 3.05) is 16.6 Å². The van der Waals surface area contributed by atoms with Crippen LogP contribution in [-0.2, 0) is 14.8 Å². The van der Waals surface area contributed by atoms with Crippen molar-refractivity contribution in [3.05, 3.63) is 82.3 Å². The van der Waals surface area contributed by atoms with Crippen LogP contribution >= 0.6 is 23.2 Å². The quantitative estimate of drug-likeness (QED) is 0.423. The summed E-state index contributed by atoms with van der Waals surface area (Å²) in [5.74, 6) is -1.70. The summed E-state index contributed by atoms with van der Waals surface area (Å²) >= 11 is 11.9. The number of carboxylic acid groups (broad SMARTS) is 1. The van der Waals surface area contributed by atoms with Crippen molar-refractivity contribution in [2.24, 2.45) is 0 Å². The number of hydrogen-bond donors (Lipinski definition) is 3. The van der Waals surface area contributed by atoms with E-state index in [0.717, 1.165) is 6.07 Å². The Hall–Kier alpha value is -3.27. The molecule has 0 spiro atoms. The highest BCUT2D eigenvalue weighted by molar-refractivity contribution is 7.92. The molecule has 3 aromatic carbocycles. The van der Waals surface area contributed by atoms with Gasteiger partial charge in [-0.15, -0.1) is 0 Å². The van der Waals surface area contributed by atoms with Crippen molar-refractivity contribution >= 4 is 56.5 Å². The number of benzene rings is 3. The average Bonchev–Trinajstić information content (AvgIpc) is 2.74. The van der Waals surface area contributed by atoms with E-state index in [1.807, 2.05) is 0 Å². The molecule has 3 rings (SSSR count). The molecule has 32 heavy (non-hydrogen) atoms. The molecular weight excluding hydrogens is 479 g/mol. The normalized spacial score (nSPS) is 10.9. The minimum Gasteiger partial charge on any atom is -0.480 e. The van der Waals surface area contributed by atoms with E-state index in [1.54, 1.807) is 36.4 Å². The number of carboxylic acids is 1. The van der Waals surface area contributed by atoms with Gasteiger partial charge in [0.1, 0.15) is 5.75 Å². The van der Waals surface area contributed by atoms with Gasteiger partial charge in [-0.1, -0.05) is 35.3 Å². The Morgan fingerprint density at radius 3 is 2.31 bits per heavy atom. The molecule has 0 atom stereocenters. The van der Waals surface area contributed by atoms with Gasteiger partial charge in [-0.05, 0) is 54.6 Å². The summed E-state index contributed by atoms with van der Waals surface area (Å²) in [5.41, 5.74) is 0.639. The fourth-order valence-electron chi connectivity index (χ4n) is 2.61. The summed E-state index contributed by atoms with van der Waals surface area (Å²) in [6.45, 7) is -0.625.